The number of aromatic nitrogens is 3. The second kappa shape index (κ2) is 9.17. The van der Waals surface area contributed by atoms with Crippen molar-refractivity contribution in [3.05, 3.63) is 27.4 Å². The Bertz CT molecular complexity index is 1380. The van der Waals surface area contributed by atoms with Crippen molar-refractivity contribution in [2.24, 2.45) is 0 Å². The number of rotatable bonds is 5. The number of nitrogens with zero attached hydrogens (tertiary/aromatic N) is 8. The summed E-state index contributed by atoms with van der Waals surface area (Å²) in [5.74, 6) is 0.998. The minimum absolute atomic E-state index is 0.115. The van der Waals surface area contributed by atoms with Gasteiger partial charge in [0.25, 0.3) is 0 Å². The summed E-state index contributed by atoms with van der Waals surface area (Å²) < 4.78 is 20.6. The molecule has 4 saturated heterocycles. The fourth-order valence-corrected chi connectivity index (χ4v) is 8.70. The Hall–Kier alpha value is -3.22. The van der Waals surface area contributed by atoms with Crippen LogP contribution < -0.4 is 20.3 Å². The zero-order valence-electron chi connectivity index (χ0n) is 21.9. The number of ether oxygens (including phenoxy) is 1. The smallest absolute Gasteiger partial charge is 0.323 e. The average Bonchev–Trinajstić information content (AvgIpc) is 3.64. The molecule has 0 aromatic carbocycles. The van der Waals surface area contributed by atoms with Crippen LogP contribution in [0, 0.1) is 17.9 Å². The van der Waals surface area contributed by atoms with E-state index in [0.717, 1.165) is 57.1 Å². The normalized spacial score (nSPS) is 29.1. The number of halogens is 1. The number of alkyl halides is 1. The molecular formula is C27H32FN9OS. The molecule has 1 aliphatic carbocycles. The molecule has 204 valence electrons. The number of nitriles is 1. The third kappa shape index (κ3) is 3.91. The number of hydrogen-bond acceptors (Lipinski definition) is 10. The quantitative estimate of drug-likeness (QED) is 0.562. The van der Waals surface area contributed by atoms with Crippen LogP contribution in [0.25, 0.3) is 4.85 Å². The standard InChI is InChI=1S/C27H32FN9OS/c1-31-20-5-2-3-10-37(20)24-32-23(33-25(34-24)38-16-27-7-4-9-36(27)13-17(28)11-27)35-14-26(15-35)8-6-19-21(26)18(12-29)22(30)39-19/h17,20H,2-11,13-16,30H2/t17-,20?,27+/m1/s1. The number of nitrogens with two attached hydrogens (primary N) is 1. The molecule has 3 atom stereocenters. The molecule has 6 heterocycles. The van der Waals surface area contributed by atoms with Gasteiger partial charge in [0.1, 0.15) is 23.8 Å². The van der Waals surface area contributed by atoms with Crippen LogP contribution in [0.5, 0.6) is 6.01 Å². The number of thiophene rings is 1. The van der Waals surface area contributed by atoms with Crippen molar-refractivity contribution in [3.63, 3.8) is 0 Å². The van der Waals surface area contributed by atoms with Gasteiger partial charge in [0, 0.05) is 49.3 Å². The van der Waals surface area contributed by atoms with Crippen LogP contribution >= 0.6 is 11.3 Å². The Labute approximate surface area is 231 Å². The Balaban J connectivity index is 1.18. The topological polar surface area (TPSA) is 112 Å². The van der Waals surface area contributed by atoms with Crippen molar-refractivity contribution >= 4 is 28.2 Å². The highest BCUT2D eigenvalue weighted by Crippen LogP contribution is 2.52. The van der Waals surface area contributed by atoms with Gasteiger partial charge in [-0.15, -0.1) is 11.3 Å². The first-order chi connectivity index (χ1) is 18.9. The van der Waals surface area contributed by atoms with Crippen molar-refractivity contribution in [2.45, 2.75) is 74.7 Å². The van der Waals surface area contributed by atoms with E-state index in [2.05, 4.69) is 25.7 Å². The zero-order valence-corrected chi connectivity index (χ0v) is 22.7. The molecule has 10 nitrogen and oxygen atoms in total. The van der Waals surface area contributed by atoms with E-state index in [1.165, 1.54) is 16.2 Å². The molecule has 2 N–H and O–H groups in total. The highest BCUT2D eigenvalue weighted by molar-refractivity contribution is 7.16. The van der Waals surface area contributed by atoms with Gasteiger partial charge in [-0.05, 0) is 50.6 Å². The molecule has 4 fully saturated rings. The summed E-state index contributed by atoms with van der Waals surface area (Å²) in [7, 11) is 0. The summed E-state index contributed by atoms with van der Waals surface area (Å²) in [6, 6.07) is 2.57. The molecule has 12 heteroatoms. The van der Waals surface area contributed by atoms with E-state index in [4.69, 9.17) is 27.0 Å². The van der Waals surface area contributed by atoms with Crippen LogP contribution in [0.1, 0.15) is 60.9 Å². The lowest BCUT2D eigenvalue weighted by Crippen LogP contribution is -2.59. The Morgan fingerprint density at radius 3 is 2.85 bits per heavy atom. The summed E-state index contributed by atoms with van der Waals surface area (Å²) in [5, 5.41) is 10.4. The van der Waals surface area contributed by atoms with Crippen LogP contribution in [0.15, 0.2) is 0 Å². The maximum Gasteiger partial charge on any atom is 0.323 e. The van der Waals surface area contributed by atoms with E-state index in [1.54, 1.807) is 0 Å². The Morgan fingerprint density at radius 1 is 1.18 bits per heavy atom. The van der Waals surface area contributed by atoms with E-state index < -0.39 is 6.17 Å². The Kier molecular flexibility index (Phi) is 5.83. The van der Waals surface area contributed by atoms with Crippen molar-refractivity contribution in [1.29, 1.82) is 5.26 Å². The summed E-state index contributed by atoms with van der Waals surface area (Å²) in [5.41, 5.74) is 7.49. The van der Waals surface area contributed by atoms with Gasteiger partial charge in [-0.2, -0.15) is 20.2 Å². The Morgan fingerprint density at radius 2 is 2.03 bits per heavy atom. The molecule has 39 heavy (non-hydrogen) atoms. The van der Waals surface area contributed by atoms with Crippen molar-refractivity contribution in [1.82, 2.24) is 19.9 Å². The fourth-order valence-electron chi connectivity index (χ4n) is 7.56. The van der Waals surface area contributed by atoms with Gasteiger partial charge in [-0.25, -0.2) is 11.0 Å². The number of piperidine rings is 1. The van der Waals surface area contributed by atoms with Gasteiger partial charge in [-0.3, -0.25) is 14.6 Å². The van der Waals surface area contributed by atoms with Crippen LogP contribution in [-0.2, 0) is 11.8 Å². The lowest BCUT2D eigenvalue weighted by atomic mass is 9.74. The number of fused-ring (bicyclic) bond motifs is 3. The lowest BCUT2D eigenvalue weighted by Gasteiger charge is -2.48. The predicted molar refractivity (Wildman–Crippen MR) is 146 cm³/mol. The van der Waals surface area contributed by atoms with Crippen LogP contribution in [-0.4, -0.2) is 77.1 Å². The third-order valence-electron chi connectivity index (χ3n) is 9.45. The van der Waals surface area contributed by atoms with Crippen LogP contribution in [0.3, 0.4) is 0 Å². The summed E-state index contributed by atoms with van der Waals surface area (Å²) in [6.45, 7) is 11.5. The van der Waals surface area contributed by atoms with Gasteiger partial charge >= 0.3 is 12.2 Å². The molecule has 4 aliphatic heterocycles. The molecule has 1 unspecified atom stereocenters. The first-order valence-corrected chi connectivity index (χ1v) is 14.7. The summed E-state index contributed by atoms with van der Waals surface area (Å²) in [4.78, 5) is 25.6. The van der Waals surface area contributed by atoms with E-state index in [9.17, 15) is 9.65 Å². The van der Waals surface area contributed by atoms with E-state index in [-0.39, 0.29) is 23.1 Å². The minimum Gasteiger partial charge on any atom is -0.461 e. The molecule has 5 aliphatic rings. The molecular weight excluding hydrogens is 517 g/mol. The third-order valence-corrected chi connectivity index (χ3v) is 10.5. The zero-order chi connectivity index (χ0) is 26.8. The molecule has 1 spiro atoms. The van der Waals surface area contributed by atoms with Crippen molar-refractivity contribution < 1.29 is 9.13 Å². The van der Waals surface area contributed by atoms with Gasteiger partial charge in [0.05, 0.1) is 11.1 Å². The largest absolute Gasteiger partial charge is 0.461 e. The fraction of sp³-hybridized carbons (Fsp3) is 0.667. The monoisotopic (exact) mass is 549 g/mol. The van der Waals surface area contributed by atoms with Gasteiger partial charge in [0.15, 0.2) is 0 Å². The maximum absolute atomic E-state index is 14.3. The van der Waals surface area contributed by atoms with E-state index in [0.29, 0.717) is 61.7 Å². The van der Waals surface area contributed by atoms with Crippen LogP contribution in [0.2, 0.25) is 0 Å². The van der Waals surface area contributed by atoms with Gasteiger partial charge in [-0.1, -0.05) is 0 Å². The number of aryl methyl sites for hydroxylation is 1. The first kappa shape index (κ1) is 24.8. The number of nitrogen functional groups attached to an aromatic ring is 1. The SMILES string of the molecule is [C-]#[N+]C1CCCCN1c1nc(OC[C@@]23CCCN2C[C@H](F)C3)nc(N2CC3(CCc4sc(N)c(C#N)c43)C2)n1. The average molecular weight is 550 g/mol. The first-order valence-electron chi connectivity index (χ1n) is 13.9. The minimum atomic E-state index is -0.829. The van der Waals surface area contributed by atoms with Gasteiger partial charge < -0.3 is 15.4 Å². The molecule has 7 rings (SSSR count). The second-order valence-corrected chi connectivity index (χ2v) is 12.9. The maximum atomic E-state index is 14.3. The van der Waals surface area contributed by atoms with E-state index >= 15 is 0 Å². The van der Waals surface area contributed by atoms with Crippen molar-refractivity contribution in [3.8, 4) is 12.1 Å². The molecule has 0 amide bonds. The molecule has 2 aromatic rings. The molecule has 0 bridgehead atoms. The highest BCUT2D eigenvalue weighted by Gasteiger charge is 2.53. The highest BCUT2D eigenvalue weighted by atomic mass is 32.1. The summed E-state index contributed by atoms with van der Waals surface area (Å²) >= 11 is 1.54. The lowest BCUT2D eigenvalue weighted by molar-refractivity contribution is 0.107. The number of anilines is 3. The number of hydrogen-bond donors (Lipinski definition) is 1. The molecule has 0 radical (unpaired) electrons. The van der Waals surface area contributed by atoms with Crippen molar-refractivity contribution in [2.75, 3.05) is 54.9 Å². The molecule has 0 saturated carbocycles. The molecule has 2 aromatic heterocycles. The van der Waals surface area contributed by atoms with Gasteiger partial charge in [0.2, 0.25) is 11.9 Å². The summed E-state index contributed by atoms with van der Waals surface area (Å²) in [6.07, 6.45) is 5.98. The predicted octanol–water partition coefficient (Wildman–Crippen LogP) is 3.28. The second-order valence-electron chi connectivity index (χ2n) is 11.8. The van der Waals surface area contributed by atoms with E-state index in [1.807, 2.05) is 4.90 Å². The van der Waals surface area contributed by atoms with Crippen LogP contribution in [0.4, 0.5) is 21.3 Å².